The first-order valence-corrected chi connectivity index (χ1v) is 7.34. The molecule has 1 aromatic rings. The molecular weight excluding hydrogens is 204 g/mol. The Bertz CT molecular complexity index is 332. The summed E-state index contributed by atoms with van der Waals surface area (Å²) in [6.07, 6.45) is 9.57. The van der Waals surface area contributed by atoms with E-state index in [0.717, 1.165) is 18.3 Å². The van der Waals surface area contributed by atoms with E-state index in [1.807, 2.05) is 0 Å². The third kappa shape index (κ3) is 3.34. The molecule has 0 nitrogen and oxygen atoms in total. The molecule has 0 heteroatoms. The highest BCUT2D eigenvalue weighted by atomic mass is 14.3. The third-order valence-electron chi connectivity index (χ3n) is 4.28. The predicted octanol–water partition coefficient (Wildman–Crippen LogP) is 5.12. The van der Waals surface area contributed by atoms with Gasteiger partial charge in [0, 0.05) is 0 Å². The average Bonchev–Trinajstić information content (AvgIpc) is 2.40. The highest BCUT2D eigenvalue weighted by Crippen LogP contribution is 2.37. The van der Waals surface area contributed by atoms with Crippen molar-refractivity contribution in [3.63, 3.8) is 0 Å². The molecular formula is C17H25. The Kier molecular flexibility index (Phi) is 4.65. The van der Waals surface area contributed by atoms with Crippen molar-refractivity contribution in [1.82, 2.24) is 0 Å². The Morgan fingerprint density at radius 1 is 1.18 bits per heavy atom. The minimum atomic E-state index is 0.787. The predicted molar refractivity (Wildman–Crippen MR) is 74.3 cm³/mol. The second kappa shape index (κ2) is 6.23. The summed E-state index contributed by atoms with van der Waals surface area (Å²) < 4.78 is 0. The number of aryl methyl sites for hydroxylation is 1. The van der Waals surface area contributed by atoms with Crippen LogP contribution in [0, 0.1) is 12.0 Å². The molecule has 2 rings (SSSR count). The minimum absolute atomic E-state index is 0.787. The van der Waals surface area contributed by atoms with Crippen LogP contribution in [0.15, 0.2) is 18.2 Å². The first-order valence-electron chi connectivity index (χ1n) is 7.34. The van der Waals surface area contributed by atoms with Gasteiger partial charge in [0.2, 0.25) is 0 Å². The number of rotatable bonds is 4. The molecule has 0 bridgehead atoms. The molecule has 1 aliphatic rings. The van der Waals surface area contributed by atoms with Gasteiger partial charge in [-0.05, 0) is 61.1 Å². The molecule has 0 unspecified atom stereocenters. The molecule has 1 fully saturated rings. The van der Waals surface area contributed by atoms with Crippen LogP contribution in [0.25, 0.3) is 0 Å². The van der Waals surface area contributed by atoms with Crippen LogP contribution in [0.3, 0.4) is 0 Å². The van der Waals surface area contributed by atoms with Crippen LogP contribution in [-0.2, 0) is 6.42 Å². The fourth-order valence-corrected chi connectivity index (χ4v) is 3.16. The Labute approximate surface area is 106 Å². The summed E-state index contributed by atoms with van der Waals surface area (Å²) in [4.78, 5) is 0. The van der Waals surface area contributed by atoms with Crippen LogP contribution >= 0.6 is 0 Å². The van der Waals surface area contributed by atoms with Crippen LogP contribution in [0.4, 0.5) is 0 Å². The first-order chi connectivity index (χ1) is 8.33. The van der Waals surface area contributed by atoms with Gasteiger partial charge in [-0.25, -0.2) is 0 Å². The van der Waals surface area contributed by atoms with Gasteiger partial charge in [-0.3, -0.25) is 0 Å². The molecule has 1 aliphatic carbocycles. The Morgan fingerprint density at radius 3 is 2.59 bits per heavy atom. The summed E-state index contributed by atoms with van der Waals surface area (Å²) in [5, 5.41) is 0. The van der Waals surface area contributed by atoms with Crippen molar-refractivity contribution in [1.29, 1.82) is 0 Å². The van der Waals surface area contributed by atoms with Crippen molar-refractivity contribution in [2.45, 2.75) is 64.7 Å². The van der Waals surface area contributed by atoms with E-state index in [4.69, 9.17) is 0 Å². The van der Waals surface area contributed by atoms with Gasteiger partial charge in [0.05, 0.1) is 0 Å². The lowest BCUT2D eigenvalue weighted by Crippen LogP contribution is -2.13. The number of hydrogen-bond donors (Lipinski definition) is 0. The van der Waals surface area contributed by atoms with Crippen molar-refractivity contribution in [2.75, 3.05) is 0 Å². The smallest absolute Gasteiger partial charge is 0.0146 e. The van der Waals surface area contributed by atoms with Gasteiger partial charge in [0.15, 0.2) is 0 Å². The van der Waals surface area contributed by atoms with Gasteiger partial charge in [0.25, 0.3) is 0 Å². The van der Waals surface area contributed by atoms with Crippen molar-refractivity contribution < 1.29 is 0 Å². The summed E-state index contributed by atoms with van der Waals surface area (Å²) in [6.45, 7) is 4.54. The third-order valence-corrected chi connectivity index (χ3v) is 4.28. The molecule has 0 aromatic heterocycles. The molecule has 1 aromatic carbocycles. The van der Waals surface area contributed by atoms with Gasteiger partial charge in [-0.1, -0.05) is 44.9 Å². The van der Waals surface area contributed by atoms with E-state index in [2.05, 4.69) is 38.1 Å². The highest BCUT2D eigenvalue weighted by molar-refractivity contribution is 5.25. The van der Waals surface area contributed by atoms with Gasteiger partial charge in [-0.15, -0.1) is 0 Å². The van der Waals surface area contributed by atoms with Crippen LogP contribution < -0.4 is 0 Å². The molecule has 1 saturated carbocycles. The van der Waals surface area contributed by atoms with Crippen molar-refractivity contribution >= 4 is 0 Å². The first kappa shape index (κ1) is 12.7. The van der Waals surface area contributed by atoms with Gasteiger partial charge < -0.3 is 0 Å². The molecule has 0 amide bonds. The molecule has 0 aliphatic heterocycles. The van der Waals surface area contributed by atoms with E-state index in [-0.39, 0.29) is 0 Å². The fraction of sp³-hybridized carbons (Fsp3) is 0.647. The summed E-state index contributed by atoms with van der Waals surface area (Å²) in [7, 11) is 0. The second-order valence-corrected chi connectivity index (χ2v) is 5.51. The summed E-state index contributed by atoms with van der Waals surface area (Å²) in [5.41, 5.74) is 2.94. The Balaban J connectivity index is 1.95. The quantitative estimate of drug-likeness (QED) is 0.672. The lowest BCUT2D eigenvalue weighted by atomic mass is 9.77. The summed E-state index contributed by atoms with van der Waals surface area (Å²) in [5.74, 6) is 1.79. The van der Waals surface area contributed by atoms with Crippen LogP contribution in [0.2, 0.25) is 0 Å². The van der Waals surface area contributed by atoms with Crippen molar-refractivity contribution in [2.24, 2.45) is 5.92 Å². The zero-order chi connectivity index (χ0) is 12.1. The molecule has 17 heavy (non-hydrogen) atoms. The lowest BCUT2D eigenvalue weighted by Gasteiger charge is -2.28. The van der Waals surface area contributed by atoms with Crippen LogP contribution in [0.5, 0.6) is 0 Å². The van der Waals surface area contributed by atoms with E-state index in [9.17, 15) is 0 Å². The standard InChI is InChI=1S/C17H25/c1-3-6-15-9-11-16(12-10-15)17-8-5-7-14(4-2)13-17/h5,7,13,15-16H,3-4,6,9-12H2,1-2H3/t15-,16-. The van der Waals surface area contributed by atoms with Gasteiger partial charge >= 0.3 is 0 Å². The largest absolute Gasteiger partial charge is 0.0654 e. The van der Waals surface area contributed by atoms with Crippen molar-refractivity contribution in [3.05, 3.63) is 35.4 Å². The zero-order valence-electron chi connectivity index (χ0n) is 11.3. The normalized spacial score (nSPS) is 24.8. The van der Waals surface area contributed by atoms with E-state index in [1.54, 1.807) is 0 Å². The van der Waals surface area contributed by atoms with Crippen LogP contribution in [0.1, 0.15) is 69.4 Å². The molecule has 0 heterocycles. The Hall–Kier alpha value is -0.780. The average molecular weight is 229 g/mol. The van der Waals surface area contributed by atoms with Crippen LogP contribution in [-0.4, -0.2) is 0 Å². The summed E-state index contributed by atoms with van der Waals surface area (Å²) in [6, 6.07) is 10.2. The maximum atomic E-state index is 3.46. The molecule has 0 N–H and O–H groups in total. The monoisotopic (exact) mass is 229 g/mol. The minimum Gasteiger partial charge on any atom is -0.0654 e. The molecule has 0 spiro atoms. The lowest BCUT2D eigenvalue weighted by molar-refractivity contribution is 0.308. The fourth-order valence-electron chi connectivity index (χ4n) is 3.16. The maximum Gasteiger partial charge on any atom is -0.0146 e. The van der Waals surface area contributed by atoms with E-state index >= 15 is 0 Å². The van der Waals surface area contributed by atoms with E-state index < -0.39 is 0 Å². The van der Waals surface area contributed by atoms with Crippen molar-refractivity contribution in [3.8, 4) is 0 Å². The maximum absolute atomic E-state index is 3.46. The topological polar surface area (TPSA) is 0 Å². The van der Waals surface area contributed by atoms with E-state index in [1.165, 1.54) is 49.7 Å². The van der Waals surface area contributed by atoms with E-state index in [0.29, 0.717) is 0 Å². The number of hydrogen-bond acceptors (Lipinski definition) is 0. The molecule has 0 saturated heterocycles. The molecule has 93 valence electrons. The molecule has 1 radical (unpaired) electrons. The van der Waals surface area contributed by atoms with Gasteiger partial charge in [-0.2, -0.15) is 0 Å². The SMILES string of the molecule is CCC[C@H]1CC[C@H](c2[c]ccc(CC)c2)CC1. The highest BCUT2D eigenvalue weighted by Gasteiger charge is 2.21. The van der Waals surface area contributed by atoms with Gasteiger partial charge in [0.1, 0.15) is 0 Å². The summed E-state index contributed by atoms with van der Waals surface area (Å²) >= 11 is 0. The Morgan fingerprint density at radius 2 is 1.94 bits per heavy atom. The zero-order valence-corrected chi connectivity index (χ0v) is 11.3. The number of benzene rings is 1. The molecule has 0 atom stereocenters. The second-order valence-electron chi connectivity index (χ2n) is 5.51.